The minimum absolute atomic E-state index is 0.313. The molecule has 96 valence electrons. The van der Waals surface area contributed by atoms with E-state index >= 15 is 0 Å². The van der Waals surface area contributed by atoms with E-state index in [2.05, 4.69) is 15.0 Å². The summed E-state index contributed by atoms with van der Waals surface area (Å²) in [7, 11) is 0. The average molecular weight is 266 g/mol. The van der Waals surface area contributed by atoms with Crippen molar-refractivity contribution in [1.29, 1.82) is 0 Å². The van der Waals surface area contributed by atoms with Gasteiger partial charge in [-0.2, -0.15) is 11.8 Å². The summed E-state index contributed by atoms with van der Waals surface area (Å²) in [6.45, 7) is 0.743. The van der Waals surface area contributed by atoms with Gasteiger partial charge < -0.3 is 10.1 Å². The van der Waals surface area contributed by atoms with Crippen LogP contribution in [0.25, 0.3) is 0 Å². The second-order valence-electron chi connectivity index (χ2n) is 3.20. The van der Waals surface area contributed by atoms with Gasteiger partial charge in [0, 0.05) is 6.54 Å². The summed E-state index contributed by atoms with van der Waals surface area (Å²) in [5.74, 6) is 1.26. The van der Waals surface area contributed by atoms with Gasteiger partial charge in [0.1, 0.15) is 11.6 Å². The van der Waals surface area contributed by atoms with Crippen molar-refractivity contribution in [1.82, 2.24) is 4.98 Å². The van der Waals surface area contributed by atoms with Crippen LogP contribution in [-0.4, -0.2) is 29.9 Å². The second-order valence-corrected chi connectivity index (χ2v) is 4.19. The number of hydrogen-bond donors (Lipinski definition) is 1. The fourth-order valence-corrected chi connectivity index (χ4v) is 1.54. The molecule has 0 aliphatic heterocycles. The number of nitrogens with one attached hydrogen (secondary N) is 1. The number of nitrogens with zero attached hydrogens (tertiary/aromatic N) is 1. The van der Waals surface area contributed by atoms with E-state index in [1.165, 1.54) is 12.1 Å². The Morgan fingerprint density at radius 2 is 2.18 bits per heavy atom. The Hall–Kier alpha value is -1.11. The molecule has 0 aliphatic rings. The zero-order chi connectivity index (χ0) is 12.7. The molecule has 0 fully saturated rings. The van der Waals surface area contributed by atoms with Crippen LogP contribution in [0.2, 0.25) is 0 Å². The van der Waals surface area contributed by atoms with Crippen molar-refractivity contribution in [3.63, 3.8) is 0 Å². The molecule has 0 bridgehead atoms. The Balaban J connectivity index is 2.39. The van der Waals surface area contributed by atoms with Crippen LogP contribution in [0.4, 0.5) is 19.0 Å². The Morgan fingerprint density at radius 3 is 2.71 bits per heavy atom. The molecule has 0 aliphatic carbocycles. The van der Waals surface area contributed by atoms with Gasteiger partial charge in [-0.05, 0) is 30.6 Å². The van der Waals surface area contributed by atoms with Crippen LogP contribution in [-0.2, 0) is 0 Å². The Bertz CT molecular complexity index is 329. The van der Waals surface area contributed by atoms with Crippen molar-refractivity contribution >= 4 is 17.6 Å². The Morgan fingerprint density at radius 1 is 1.41 bits per heavy atom. The van der Waals surface area contributed by atoms with Crippen LogP contribution in [0, 0.1) is 0 Å². The zero-order valence-electron chi connectivity index (χ0n) is 9.25. The van der Waals surface area contributed by atoms with E-state index in [1.54, 1.807) is 11.8 Å². The van der Waals surface area contributed by atoms with Gasteiger partial charge in [0.05, 0.1) is 6.20 Å². The minimum atomic E-state index is -4.67. The number of ether oxygens (including phenoxy) is 1. The smallest absolute Gasteiger partial charge is 0.404 e. The molecular formula is C10H13F3N2OS. The number of halogens is 3. The predicted molar refractivity (Wildman–Crippen MR) is 62.4 cm³/mol. The first kappa shape index (κ1) is 14.0. The highest BCUT2D eigenvalue weighted by Gasteiger charge is 2.31. The summed E-state index contributed by atoms with van der Waals surface area (Å²) in [6, 6.07) is 2.69. The van der Waals surface area contributed by atoms with Gasteiger partial charge in [0.15, 0.2) is 0 Å². The van der Waals surface area contributed by atoms with Gasteiger partial charge in [-0.3, -0.25) is 0 Å². The molecule has 0 amide bonds. The SMILES string of the molecule is CSCCCNc1ccc(OC(F)(F)F)cn1. The molecule has 0 aromatic carbocycles. The van der Waals surface area contributed by atoms with Gasteiger partial charge >= 0.3 is 6.36 Å². The van der Waals surface area contributed by atoms with Gasteiger partial charge in [0.2, 0.25) is 0 Å². The third-order valence-electron chi connectivity index (χ3n) is 1.80. The molecule has 3 nitrogen and oxygen atoms in total. The molecule has 1 aromatic heterocycles. The van der Waals surface area contributed by atoms with E-state index in [-0.39, 0.29) is 5.75 Å². The van der Waals surface area contributed by atoms with E-state index in [1.807, 2.05) is 6.26 Å². The number of anilines is 1. The number of hydrogen-bond acceptors (Lipinski definition) is 4. The fraction of sp³-hybridized carbons (Fsp3) is 0.500. The first-order chi connectivity index (χ1) is 8.01. The van der Waals surface area contributed by atoms with Crippen LogP contribution in [0.1, 0.15) is 6.42 Å². The summed E-state index contributed by atoms with van der Waals surface area (Å²) in [4.78, 5) is 3.82. The molecule has 1 rings (SSSR count). The molecular weight excluding hydrogens is 253 g/mol. The van der Waals surface area contributed by atoms with Crippen molar-refractivity contribution < 1.29 is 17.9 Å². The van der Waals surface area contributed by atoms with Gasteiger partial charge in [-0.25, -0.2) is 4.98 Å². The predicted octanol–water partition coefficient (Wildman–Crippen LogP) is 3.15. The van der Waals surface area contributed by atoms with E-state index in [9.17, 15) is 13.2 Å². The highest BCUT2D eigenvalue weighted by molar-refractivity contribution is 7.98. The summed E-state index contributed by atoms with van der Waals surface area (Å²) >= 11 is 1.74. The average Bonchev–Trinajstić information content (AvgIpc) is 2.25. The zero-order valence-corrected chi connectivity index (χ0v) is 10.1. The summed E-state index contributed by atoms with van der Waals surface area (Å²) < 4.78 is 39.3. The van der Waals surface area contributed by atoms with E-state index in [0.29, 0.717) is 5.82 Å². The molecule has 0 atom stereocenters. The highest BCUT2D eigenvalue weighted by Crippen LogP contribution is 2.22. The lowest BCUT2D eigenvalue weighted by Crippen LogP contribution is -2.17. The molecule has 17 heavy (non-hydrogen) atoms. The molecule has 1 aromatic rings. The van der Waals surface area contributed by atoms with Gasteiger partial charge in [0.25, 0.3) is 0 Å². The molecule has 0 radical (unpaired) electrons. The summed E-state index contributed by atoms with van der Waals surface area (Å²) in [6.07, 6.45) is -0.634. The van der Waals surface area contributed by atoms with E-state index in [0.717, 1.165) is 24.9 Å². The third-order valence-corrected chi connectivity index (χ3v) is 2.50. The maximum Gasteiger partial charge on any atom is 0.573 e. The largest absolute Gasteiger partial charge is 0.573 e. The molecule has 0 spiro atoms. The van der Waals surface area contributed by atoms with Crippen molar-refractivity contribution in [2.24, 2.45) is 0 Å². The van der Waals surface area contributed by atoms with Crippen LogP contribution in [0.5, 0.6) is 5.75 Å². The number of aromatic nitrogens is 1. The lowest BCUT2D eigenvalue weighted by Gasteiger charge is -2.09. The standard InChI is InChI=1S/C10H13F3N2OS/c1-17-6-2-5-14-9-4-3-8(7-15-9)16-10(11,12)13/h3-4,7H,2,5-6H2,1H3,(H,14,15). The minimum Gasteiger partial charge on any atom is -0.404 e. The molecule has 1 N–H and O–H groups in total. The summed E-state index contributed by atoms with van der Waals surface area (Å²) in [5, 5.41) is 3.01. The Kier molecular flexibility index (Phi) is 5.40. The molecule has 0 saturated heterocycles. The monoisotopic (exact) mass is 266 g/mol. The second kappa shape index (κ2) is 6.58. The fourth-order valence-electron chi connectivity index (χ4n) is 1.11. The molecule has 1 heterocycles. The maximum atomic E-state index is 11.9. The van der Waals surface area contributed by atoms with Crippen molar-refractivity contribution in [2.75, 3.05) is 23.9 Å². The van der Waals surface area contributed by atoms with Gasteiger partial charge in [-0.1, -0.05) is 0 Å². The number of pyridine rings is 1. The number of rotatable bonds is 6. The van der Waals surface area contributed by atoms with Crippen LogP contribution < -0.4 is 10.1 Å². The lowest BCUT2D eigenvalue weighted by atomic mass is 10.4. The molecule has 0 saturated carbocycles. The van der Waals surface area contributed by atoms with Crippen molar-refractivity contribution in [3.8, 4) is 5.75 Å². The first-order valence-electron chi connectivity index (χ1n) is 4.96. The molecule has 0 unspecified atom stereocenters. The third kappa shape index (κ3) is 6.25. The number of alkyl halides is 3. The van der Waals surface area contributed by atoms with Crippen LogP contribution in [0.15, 0.2) is 18.3 Å². The normalized spacial score (nSPS) is 11.3. The first-order valence-corrected chi connectivity index (χ1v) is 6.35. The van der Waals surface area contributed by atoms with Gasteiger partial charge in [-0.15, -0.1) is 13.2 Å². The Labute approximate surface area is 102 Å². The highest BCUT2D eigenvalue weighted by atomic mass is 32.2. The number of thioether (sulfide) groups is 1. The van der Waals surface area contributed by atoms with Crippen molar-refractivity contribution in [2.45, 2.75) is 12.8 Å². The van der Waals surface area contributed by atoms with E-state index in [4.69, 9.17) is 0 Å². The van der Waals surface area contributed by atoms with Crippen molar-refractivity contribution in [3.05, 3.63) is 18.3 Å². The maximum absolute atomic E-state index is 11.9. The van der Waals surface area contributed by atoms with Crippen LogP contribution in [0.3, 0.4) is 0 Å². The quantitative estimate of drug-likeness (QED) is 0.802. The topological polar surface area (TPSA) is 34.1 Å². The molecule has 7 heteroatoms. The lowest BCUT2D eigenvalue weighted by molar-refractivity contribution is -0.274. The van der Waals surface area contributed by atoms with Crippen LogP contribution >= 0.6 is 11.8 Å². The summed E-state index contributed by atoms with van der Waals surface area (Å²) in [5.41, 5.74) is 0. The van der Waals surface area contributed by atoms with E-state index < -0.39 is 6.36 Å².